The maximum absolute atomic E-state index is 12.6. The Morgan fingerprint density at radius 1 is 1.04 bits per heavy atom. The number of hydrogen-bond acceptors (Lipinski definition) is 3. The second-order valence-electron chi connectivity index (χ2n) is 6.21. The number of benzene rings is 3. The lowest BCUT2D eigenvalue weighted by Crippen LogP contribution is -2.30. The van der Waals surface area contributed by atoms with Crippen LogP contribution in [0.5, 0.6) is 5.75 Å². The van der Waals surface area contributed by atoms with Crippen LogP contribution in [-0.2, 0) is 11.2 Å². The van der Waals surface area contributed by atoms with Crippen LogP contribution in [0.2, 0.25) is 0 Å². The fraction of sp³-hybridized carbons (Fsp3) is 0.130. The van der Waals surface area contributed by atoms with Gasteiger partial charge in [-0.1, -0.05) is 54.6 Å². The SMILES string of the molecule is CC(Oc1cccc(C#N)c1)C(=O)Nc1ccccc1Cc1ccccc1. The first-order chi connectivity index (χ1) is 13.2. The molecule has 27 heavy (non-hydrogen) atoms. The lowest BCUT2D eigenvalue weighted by Gasteiger charge is -2.17. The zero-order valence-corrected chi connectivity index (χ0v) is 15.1. The number of nitrogens with one attached hydrogen (secondary N) is 1. The molecule has 3 aromatic rings. The van der Waals surface area contributed by atoms with Crippen LogP contribution in [0.4, 0.5) is 5.69 Å². The third kappa shape index (κ3) is 4.96. The largest absolute Gasteiger partial charge is 0.481 e. The van der Waals surface area contributed by atoms with Gasteiger partial charge in [-0.2, -0.15) is 5.26 Å². The van der Waals surface area contributed by atoms with Crippen molar-refractivity contribution >= 4 is 11.6 Å². The number of anilines is 1. The Balaban J connectivity index is 1.69. The van der Waals surface area contributed by atoms with E-state index in [9.17, 15) is 4.79 Å². The number of rotatable bonds is 6. The Morgan fingerprint density at radius 2 is 1.78 bits per heavy atom. The maximum Gasteiger partial charge on any atom is 0.265 e. The van der Waals surface area contributed by atoms with Crippen LogP contribution in [-0.4, -0.2) is 12.0 Å². The molecule has 1 atom stereocenters. The fourth-order valence-corrected chi connectivity index (χ4v) is 2.74. The van der Waals surface area contributed by atoms with Crippen LogP contribution < -0.4 is 10.1 Å². The van der Waals surface area contributed by atoms with E-state index in [2.05, 4.69) is 23.5 Å². The van der Waals surface area contributed by atoms with Crippen molar-refractivity contribution in [1.29, 1.82) is 5.26 Å². The Hall–Kier alpha value is -3.58. The van der Waals surface area contributed by atoms with Crippen molar-refractivity contribution in [2.45, 2.75) is 19.4 Å². The molecule has 0 radical (unpaired) electrons. The third-order valence-corrected chi connectivity index (χ3v) is 4.16. The summed E-state index contributed by atoms with van der Waals surface area (Å²) in [5.41, 5.74) is 3.48. The second kappa shape index (κ2) is 8.68. The van der Waals surface area contributed by atoms with Gasteiger partial charge in [-0.25, -0.2) is 0 Å². The summed E-state index contributed by atoms with van der Waals surface area (Å²) >= 11 is 0. The summed E-state index contributed by atoms with van der Waals surface area (Å²) in [6, 6.07) is 26.7. The highest BCUT2D eigenvalue weighted by Gasteiger charge is 2.16. The van der Waals surface area contributed by atoms with Gasteiger partial charge < -0.3 is 10.1 Å². The molecule has 0 fully saturated rings. The number of carbonyl (C=O) groups is 1. The van der Waals surface area contributed by atoms with E-state index in [1.165, 1.54) is 5.56 Å². The van der Waals surface area contributed by atoms with Crippen molar-refractivity contribution in [2.75, 3.05) is 5.32 Å². The van der Waals surface area contributed by atoms with Gasteiger partial charge >= 0.3 is 0 Å². The van der Waals surface area contributed by atoms with Crippen LogP contribution >= 0.6 is 0 Å². The zero-order chi connectivity index (χ0) is 19.1. The molecule has 3 aromatic carbocycles. The topological polar surface area (TPSA) is 62.1 Å². The predicted molar refractivity (Wildman–Crippen MR) is 106 cm³/mol. The molecule has 0 aliphatic rings. The number of nitriles is 1. The highest BCUT2D eigenvalue weighted by atomic mass is 16.5. The number of nitrogens with zero attached hydrogens (tertiary/aromatic N) is 1. The Kier molecular flexibility index (Phi) is 5.86. The fourth-order valence-electron chi connectivity index (χ4n) is 2.74. The standard InChI is InChI=1S/C23H20N2O2/c1-17(27-21-12-7-10-19(15-21)16-24)23(26)25-22-13-6-5-11-20(22)14-18-8-3-2-4-9-18/h2-13,15,17H,14H2,1H3,(H,25,26). The van der Waals surface area contributed by atoms with Crippen LogP contribution in [0, 0.1) is 11.3 Å². The van der Waals surface area contributed by atoms with Crippen LogP contribution in [0.15, 0.2) is 78.9 Å². The van der Waals surface area contributed by atoms with Gasteiger partial charge in [0, 0.05) is 5.69 Å². The van der Waals surface area contributed by atoms with E-state index in [1.807, 2.05) is 42.5 Å². The van der Waals surface area contributed by atoms with E-state index < -0.39 is 6.10 Å². The van der Waals surface area contributed by atoms with E-state index in [0.717, 1.165) is 17.7 Å². The highest BCUT2D eigenvalue weighted by Crippen LogP contribution is 2.20. The van der Waals surface area contributed by atoms with E-state index in [1.54, 1.807) is 31.2 Å². The van der Waals surface area contributed by atoms with Crippen LogP contribution in [0.1, 0.15) is 23.6 Å². The Labute approximate surface area is 159 Å². The molecule has 0 aliphatic carbocycles. The molecule has 0 aliphatic heterocycles. The first-order valence-electron chi connectivity index (χ1n) is 8.75. The van der Waals surface area contributed by atoms with E-state index in [-0.39, 0.29) is 5.91 Å². The van der Waals surface area contributed by atoms with E-state index >= 15 is 0 Å². The number of hydrogen-bond donors (Lipinski definition) is 1. The summed E-state index contributed by atoms with van der Waals surface area (Å²) in [5.74, 6) is 0.257. The summed E-state index contributed by atoms with van der Waals surface area (Å²) in [5, 5.41) is 11.9. The molecule has 3 rings (SSSR count). The number of carbonyl (C=O) groups excluding carboxylic acids is 1. The van der Waals surface area contributed by atoms with Gasteiger partial charge in [0.1, 0.15) is 5.75 Å². The molecule has 0 bridgehead atoms. The summed E-state index contributed by atoms with van der Waals surface area (Å²) in [4.78, 5) is 12.6. The number of ether oxygens (including phenoxy) is 1. The maximum atomic E-state index is 12.6. The zero-order valence-electron chi connectivity index (χ0n) is 15.1. The molecule has 0 spiro atoms. The van der Waals surface area contributed by atoms with E-state index in [4.69, 9.17) is 10.00 Å². The van der Waals surface area contributed by atoms with Gasteiger partial charge in [0.05, 0.1) is 11.6 Å². The van der Waals surface area contributed by atoms with Crippen molar-refractivity contribution in [3.8, 4) is 11.8 Å². The average Bonchev–Trinajstić information content (AvgIpc) is 2.70. The monoisotopic (exact) mass is 356 g/mol. The quantitative estimate of drug-likeness (QED) is 0.704. The van der Waals surface area contributed by atoms with Gasteiger partial charge in [-0.05, 0) is 48.7 Å². The lowest BCUT2D eigenvalue weighted by atomic mass is 10.0. The Bertz CT molecular complexity index is 961. The first-order valence-corrected chi connectivity index (χ1v) is 8.75. The third-order valence-electron chi connectivity index (χ3n) is 4.16. The molecule has 4 nitrogen and oxygen atoms in total. The van der Waals surface area contributed by atoms with Gasteiger partial charge in [-0.15, -0.1) is 0 Å². The normalized spacial score (nSPS) is 11.3. The number of para-hydroxylation sites is 1. The molecular formula is C23H20N2O2. The van der Waals surface area contributed by atoms with Gasteiger partial charge in [-0.3, -0.25) is 4.79 Å². The van der Waals surface area contributed by atoms with Crippen molar-refractivity contribution in [2.24, 2.45) is 0 Å². The molecule has 1 N–H and O–H groups in total. The van der Waals surface area contributed by atoms with Gasteiger partial charge in [0.15, 0.2) is 6.10 Å². The van der Waals surface area contributed by atoms with Crippen molar-refractivity contribution in [3.05, 3.63) is 95.6 Å². The molecule has 0 saturated heterocycles. The molecule has 0 heterocycles. The smallest absolute Gasteiger partial charge is 0.265 e. The van der Waals surface area contributed by atoms with Crippen LogP contribution in [0.25, 0.3) is 0 Å². The van der Waals surface area contributed by atoms with Gasteiger partial charge in [0.2, 0.25) is 0 Å². The molecule has 0 aromatic heterocycles. The van der Waals surface area contributed by atoms with E-state index in [0.29, 0.717) is 11.3 Å². The summed E-state index contributed by atoms with van der Waals surface area (Å²) in [6.07, 6.45) is 0.0419. The molecule has 0 saturated carbocycles. The van der Waals surface area contributed by atoms with Crippen LogP contribution in [0.3, 0.4) is 0 Å². The van der Waals surface area contributed by atoms with Crippen molar-refractivity contribution in [1.82, 2.24) is 0 Å². The summed E-state index contributed by atoms with van der Waals surface area (Å²) < 4.78 is 5.69. The molecular weight excluding hydrogens is 336 g/mol. The molecule has 1 unspecified atom stereocenters. The number of amides is 1. The molecule has 134 valence electrons. The molecule has 4 heteroatoms. The second-order valence-corrected chi connectivity index (χ2v) is 6.21. The summed E-state index contributed by atoms with van der Waals surface area (Å²) in [7, 11) is 0. The summed E-state index contributed by atoms with van der Waals surface area (Å²) in [6.45, 7) is 1.69. The minimum atomic E-state index is -0.691. The first kappa shape index (κ1) is 18.2. The minimum Gasteiger partial charge on any atom is -0.481 e. The highest BCUT2D eigenvalue weighted by molar-refractivity contribution is 5.94. The predicted octanol–water partition coefficient (Wildman–Crippen LogP) is 4.56. The molecule has 1 amide bonds. The van der Waals surface area contributed by atoms with Crippen molar-refractivity contribution < 1.29 is 9.53 Å². The minimum absolute atomic E-state index is 0.238. The van der Waals surface area contributed by atoms with Crippen molar-refractivity contribution in [3.63, 3.8) is 0 Å². The average molecular weight is 356 g/mol. The van der Waals surface area contributed by atoms with Gasteiger partial charge in [0.25, 0.3) is 5.91 Å². The lowest BCUT2D eigenvalue weighted by molar-refractivity contribution is -0.122. The Morgan fingerprint density at radius 3 is 2.56 bits per heavy atom.